The third kappa shape index (κ3) is 5.44. The molecule has 0 bridgehead atoms. The largest absolute Gasteiger partial charge is 0.496 e. The van der Waals surface area contributed by atoms with Crippen molar-refractivity contribution in [1.29, 1.82) is 5.26 Å². The van der Waals surface area contributed by atoms with E-state index < -0.39 is 12.0 Å². The Hall–Kier alpha value is -3.68. The number of hydrogen-bond acceptors (Lipinski definition) is 8. The third-order valence-corrected chi connectivity index (χ3v) is 7.35. The van der Waals surface area contributed by atoms with Crippen molar-refractivity contribution in [1.82, 2.24) is 4.57 Å². The van der Waals surface area contributed by atoms with Crippen molar-refractivity contribution in [3.8, 4) is 17.6 Å². The van der Waals surface area contributed by atoms with Crippen molar-refractivity contribution in [3.63, 3.8) is 0 Å². The number of carbonyl (C=O) groups excluding carboxylic acids is 1. The Morgan fingerprint density at radius 3 is 2.74 bits per heavy atom. The summed E-state index contributed by atoms with van der Waals surface area (Å²) < 4.78 is 19.4. The quantitative estimate of drug-likeness (QED) is 0.343. The van der Waals surface area contributed by atoms with Crippen molar-refractivity contribution >= 4 is 39.3 Å². The molecule has 1 aliphatic heterocycles. The van der Waals surface area contributed by atoms with Gasteiger partial charge in [0.05, 0.1) is 29.5 Å². The molecule has 0 aliphatic carbocycles. The summed E-state index contributed by atoms with van der Waals surface area (Å²) in [6.45, 7) is 3.83. The van der Waals surface area contributed by atoms with Crippen molar-refractivity contribution < 1.29 is 19.0 Å². The minimum Gasteiger partial charge on any atom is -0.496 e. The van der Waals surface area contributed by atoms with Gasteiger partial charge in [-0.15, -0.1) is 0 Å². The fourth-order valence-corrected chi connectivity index (χ4v) is 5.71. The number of para-hydroxylation sites is 1. The van der Waals surface area contributed by atoms with E-state index in [1.165, 1.54) is 15.9 Å². The molecule has 3 aromatic rings. The van der Waals surface area contributed by atoms with E-state index in [-0.39, 0.29) is 18.8 Å². The number of thiazole rings is 1. The van der Waals surface area contributed by atoms with Gasteiger partial charge in [-0.1, -0.05) is 58.8 Å². The molecule has 0 unspecified atom stereocenters. The number of hydrogen-bond donors (Lipinski definition) is 0. The van der Waals surface area contributed by atoms with Crippen LogP contribution in [0.2, 0.25) is 0 Å². The highest BCUT2D eigenvalue weighted by molar-refractivity contribution is 9.10. The molecule has 4 rings (SSSR count). The first-order valence-corrected chi connectivity index (χ1v) is 13.7. The van der Waals surface area contributed by atoms with E-state index >= 15 is 0 Å². The molecule has 1 atom stereocenters. The van der Waals surface area contributed by atoms with Crippen LogP contribution in [0.3, 0.4) is 0 Å². The van der Waals surface area contributed by atoms with Crippen LogP contribution in [0, 0.1) is 11.3 Å². The van der Waals surface area contributed by atoms with Crippen LogP contribution in [0.1, 0.15) is 43.9 Å². The first kappa shape index (κ1) is 27.4. The predicted molar refractivity (Wildman–Crippen MR) is 148 cm³/mol. The first-order valence-electron chi connectivity index (χ1n) is 12.1. The van der Waals surface area contributed by atoms with E-state index in [0.717, 1.165) is 10.9 Å². The van der Waals surface area contributed by atoms with Gasteiger partial charge in [-0.2, -0.15) is 5.26 Å². The Labute approximate surface area is 232 Å². The average molecular weight is 597 g/mol. The van der Waals surface area contributed by atoms with Gasteiger partial charge in [0.2, 0.25) is 0 Å². The maximum atomic E-state index is 14.0. The Kier molecular flexibility index (Phi) is 8.81. The topological polar surface area (TPSA) is 103 Å². The number of benzene rings is 2. The highest BCUT2D eigenvalue weighted by Crippen LogP contribution is 2.38. The molecule has 8 nitrogen and oxygen atoms in total. The zero-order valence-electron chi connectivity index (χ0n) is 21.2. The fraction of sp³-hybridized carbons (Fsp3) is 0.286. The van der Waals surface area contributed by atoms with E-state index in [9.17, 15) is 9.59 Å². The number of aromatic nitrogens is 1. The fourth-order valence-electron chi connectivity index (χ4n) is 4.32. The van der Waals surface area contributed by atoms with Crippen LogP contribution in [-0.2, 0) is 9.53 Å². The maximum absolute atomic E-state index is 14.0. The summed E-state index contributed by atoms with van der Waals surface area (Å²) in [5.41, 5.74) is 1.89. The standard InChI is InChI=1S/C28H26BrN3O5S/c1-4-8-20-24(27(34)36-5-2)25(19-16-18(29)11-12-22(19)35-3)32-26(33)23(38-28(32)31-20)15-17-9-6-7-10-21(17)37-14-13-30/h6-7,9-12,15-16,25H,4-5,8,14H2,1-3H3/b23-15+/t25-/m0/s1. The molecule has 1 aliphatic rings. The number of nitrogens with zero attached hydrogens (tertiary/aromatic N) is 3. The molecular weight excluding hydrogens is 570 g/mol. The number of esters is 1. The molecule has 0 radical (unpaired) electrons. The van der Waals surface area contributed by atoms with Crippen LogP contribution in [0.25, 0.3) is 6.08 Å². The van der Waals surface area contributed by atoms with E-state index in [2.05, 4.69) is 15.9 Å². The van der Waals surface area contributed by atoms with Gasteiger partial charge in [0.25, 0.3) is 5.56 Å². The SMILES string of the molecule is CCCC1=C(C(=O)OCC)[C@H](c2cc(Br)ccc2OC)n2c(s/c(=C/c3ccccc3OCC#N)c2=O)=N1. The molecular formula is C28H26BrN3O5S. The zero-order chi connectivity index (χ0) is 27.2. The molecule has 2 heterocycles. The summed E-state index contributed by atoms with van der Waals surface area (Å²) in [7, 11) is 1.55. The lowest BCUT2D eigenvalue weighted by molar-refractivity contribution is -0.139. The van der Waals surface area contributed by atoms with E-state index in [0.29, 0.717) is 49.7 Å². The lowest BCUT2D eigenvalue weighted by atomic mass is 9.93. The summed E-state index contributed by atoms with van der Waals surface area (Å²) in [5, 5.41) is 8.93. The van der Waals surface area contributed by atoms with Gasteiger partial charge >= 0.3 is 5.97 Å². The molecule has 0 N–H and O–H groups in total. The predicted octanol–water partition coefficient (Wildman–Crippen LogP) is 4.25. The van der Waals surface area contributed by atoms with Crippen LogP contribution in [0.5, 0.6) is 11.5 Å². The molecule has 38 heavy (non-hydrogen) atoms. The summed E-state index contributed by atoms with van der Waals surface area (Å²) >= 11 is 4.75. The van der Waals surface area contributed by atoms with Crippen molar-refractivity contribution in [2.24, 2.45) is 4.99 Å². The monoisotopic (exact) mass is 595 g/mol. The number of halogens is 1. The van der Waals surface area contributed by atoms with Crippen molar-refractivity contribution in [2.75, 3.05) is 20.3 Å². The third-order valence-electron chi connectivity index (χ3n) is 5.88. The van der Waals surface area contributed by atoms with Crippen LogP contribution in [0.15, 0.2) is 68.0 Å². The molecule has 0 saturated carbocycles. The number of fused-ring (bicyclic) bond motifs is 1. The summed E-state index contributed by atoms with van der Waals surface area (Å²) in [4.78, 5) is 32.6. The maximum Gasteiger partial charge on any atom is 0.338 e. The van der Waals surface area contributed by atoms with E-state index in [1.807, 2.05) is 37.3 Å². The van der Waals surface area contributed by atoms with Crippen LogP contribution < -0.4 is 24.4 Å². The summed E-state index contributed by atoms with van der Waals surface area (Å²) in [6, 6.07) is 13.8. The van der Waals surface area contributed by atoms with Gasteiger partial charge in [0, 0.05) is 15.6 Å². The van der Waals surface area contributed by atoms with Gasteiger partial charge in [-0.25, -0.2) is 9.79 Å². The van der Waals surface area contributed by atoms with Crippen molar-refractivity contribution in [3.05, 3.63) is 89.0 Å². The minimum atomic E-state index is -0.800. The van der Waals surface area contributed by atoms with Crippen LogP contribution in [0.4, 0.5) is 0 Å². The Morgan fingerprint density at radius 2 is 2.03 bits per heavy atom. The van der Waals surface area contributed by atoms with Crippen molar-refractivity contribution in [2.45, 2.75) is 32.7 Å². The summed E-state index contributed by atoms with van der Waals surface area (Å²) in [5.74, 6) is 0.503. The van der Waals surface area contributed by atoms with Gasteiger partial charge in [-0.05, 0) is 43.7 Å². The molecule has 2 aromatic carbocycles. The summed E-state index contributed by atoms with van der Waals surface area (Å²) in [6.07, 6.45) is 3.01. The Morgan fingerprint density at radius 1 is 1.24 bits per heavy atom. The van der Waals surface area contributed by atoms with Crippen LogP contribution in [-0.4, -0.2) is 30.9 Å². The lowest BCUT2D eigenvalue weighted by Crippen LogP contribution is -2.40. The number of ether oxygens (including phenoxy) is 3. The molecule has 0 amide bonds. The van der Waals surface area contributed by atoms with Gasteiger partial charge in [0.1, 0.15) is 23.6 Å². The van der Waals surface area contributed by atoms with Gasteiger partial charge in [0.15, 0.2) is 11.4 Å². The van der Waals surface area contributed by atoms with E-state index in [4.69, 9.17) is 24.5 Å². The Balaban J connectivity index is 2.03. The molecule has 0 saturated heterocycles. The highest BCUT2D eigenvalue weighted by Gasteiger charge is 2.36. The number of methoxy groups -OCH3 is 1. The number of allylic oxidation sites excluding steroid dienone is 1. The molecule has 10 heteroatoms. The second kappa shape index (κ2) is 12.2. The second-order valence-electron chi connectivity index (χ2n) is 8.28. The van der Waals surface area contributed by atoms with Gasteiger partial charge in [-0.3, -0.25) is 9.36 Å². The Bertz CT molecular complexity index is 1620. The second-order valence-corrected chi connectivity index (χ2v) is 10.2. The number of carbonyl (C=O) groups is 1. The number of rotatable bonds is 9. The molecule has 0 spiro atoms. The minimum absolute atomic E-state index is 0.113. The van der Waals surface area contributed by atoms with Gasteiger partial charge < -0.3 is 14.2 Å². The zero-order valence-corrected chi connectivity index (χ0v) is 23.6. The normalized spacial score (nSPS) is 14.9. The number of nitriles is 1. The smallest absolute Gasteiger partial charge is 0.338 e. The van der Waals surface area contributed by atoms with Crippen LogP contribution >= 0.6 is 27.3 Å². The molecule has 196 valence electrons. The lowest BCUT2D eigenvalue weighted by Gasteiger charge is -2.27. The molecule has 0 fully saturated rings. The highest BCUT2D eigenvalue weighted by atomic mass is 79.9. The average Bonchev–Trinajstić information content (AvgIpc) is 3.22. The molecule has 1 aromatic heterocycles. The first-order chi connectivity index (χ1) is 18.4. The van der Waals surface area contributed by atoms with E-state index in [1.54, 1.807) is 38.3 Å².